The standard InChI is InChI=1S/C16H21F3N2O3/c1-23-13-6-5-11(8-14(13)24-2)20-12-4-3-7-21(10-12)15(22)9-16(17,18)19/h5-6,8,12,20H,3-4,7,9-10H2,1-2H3. The summed E-state index contributed by atoms with van der Waals surface area (Å²) < 4.78 is 47.5. The van der Waals surface area contributed by atoms with Crippen molar-refractivity contribution in [1.29, 1.82) is 0 Å². The molecule has 1 aromatic rings. The van der Waals surface area contributed by atoms with E-state index < -0.39 is 18.5 Å². The first-order valence-corrected chi connectivity index (χ1v) is 7.65. The predicted octanol–water partition coefficient (Wildman–Crippen LogP) is 3.06. The van der Waals surface area contributed by atoms with Gasteiger partial charge < -0.3 is 19.7 Å². The Labute approximate surface area is 138 Å². The molecule has 1 aromatic carbocycles. The third kappa shape index (κ3) is 4.94. The van der Waals surface area contributed by atoms with Crippen LogP contribution in [0.4, 0.5) is 18.9 Å². The Hall–Kier alpha value is -2.12. The van der Waals surface area contributed by atoms with E-state index in [4.69, 9.17) is 9.47 Å². The van der Waals surface area contributed by atoms with Gasteiger partial charge in [0.1, 0.15) is 6.42 Å². The summed E-state index contributed by atoms with van der Waals surface area (Å²) in [7, 11) is 3.07. The molecular weight excluding hydrogens is 325 g/mol. The number of hydrogen-bond acceptors (Lipinski definition) is 4. The zero-order chi connectivity index (χ0) is 17.7. The lowest BCUT2D eigenvalue weighted by Gasteiger charge is -2.34. The van der Waals surface area contributed by atoms with Crippen LogP contribution in [0.3, 0.4) is 0 Å². The van der Waals surface area contributed by atoms with E-state index in [1.54, 1.807) is 18.2 Å². The van der Waals surface area contributed by atoms with Gasteiger partial charge >= 0.3 is 6.18 Å². The molecule has 5 nitrogen and oxygen atoms in total. The average molecular weight is 346 g/mol. The number of ether oxygens (including phenoxy) is 2. The molecule has 0 aromatic heterocycles. The highest BCUT2D eigenvalue weighted by Gasteiger charge is 2.35. The fourth-order valence-corrected chi connectivity index (χ4v) is 2.77. The van der Waals surface area contributed by atoms with Crippen LogP contribution < -0.4 is 14.8 Å². The summed E-state index contributed by atoms with van der Waals surface area (Å²) in [6.45, 7) is 0.613. The molecule has 0 radical (unpaired) electrons. The van der Waals surface area contributed by atoms with E-state index >= 15 is 0 Å². The van der Waals surface area contributed by atoms with Crippen molar-refractivity contribution in [3.8, 4) is 11.5 Å². The maximum absolute atomic E-state index is 12.4. The summed E-state index contributed by atoms with van der Waals surface area (Å²) in [6, 6.07) is 5.21. The minimum absolute atomic E-state index is 0.103. The third-order valence-electron chi connectivity index (χ3n) is 3.88. The molecule has 1 saturated heterocycles. The number of halogens is 3. The summed E-state index contributed by atoms with van der Waals surface area (Å²) in [5.74, 6) is 0.276. The Morgan fingerprint density at radius 1 is 1.29 bits per heavy atom. The summed E-state index contributed by atoms with van der Waals surface area (Å²) in [6.07, 6.45) is -4.43. The molecule has 0 saturated carbocycles. The zero-order valence-corrected chi connectivity index (χ0v) is 13.7. The Morgan fingerprint density at radius 2 is 2.00 bits per heavy atom. The van der Waals surface area contributed by atoms with E-state index in [9.17, 15) is 18.0 Å². The number of alkyl halides is 3. The van der Waals surface area contributed by atoms with Crippen molar-refractivity contribution in [2.45, 2.75) is 31.5 Å². The second-order valence-electron chi connectivity index (χ2n) is 5.68. The first-order valence-electron chi connectivity index (χ1n) is 7.65. The van der Waals surface area contributed by atoms with Gasteiger partial charge in [-0.3, -0.25) is 4.79 Å². The number of benzene rings is 1. The van der Waals surface area contributed by atoms with E-state index in [2.05, 4.69) is 5.32 Å². The molecule has 1 heterocycles. The van der Waals surface area contributed by atoms with Gasteiger partial charge in [0.2, 0.25) is 5.91 Å². The molecule has 1 aliphatic heterocycles. The van der Waals surface area contributed by atoms with E-state index in [1.807, 2.05) is 0 Å². The van der Waals surface area contributed by atoms with Crippen LogP contribution in [0.2, 0.25) is 0 Å². The number of anilines is 1. The van der Waals surface area contributed by atoms with Gasteiger partial charge in [-0.05, 0) is 25.0 Å². The highest BCUT2D eigenvalue weighted by Crippen LogP contribution is 2.30. The van der Waals surface area contributed by atoms with Crippen LogP contribution in [0.1, 0.15) is 19.3 Å². The number of amides is 1. The molecule has 1 aliphatic rings. The maximum atomic E-state index is 12.4. The smallest absolute Gasteiger partial charge is 0.397 e. The minimum atomic E-state index is -4.47. The van der Waals surface area contributed by atoms with Crippen molar-refractivity contribution in [3.63, 3.8) is 0 Å². The van der Waals surface area contributed by atoms with Crippen LogP contribution in [0.15, 0.2) is 18.2 Å². The zero-order valence-electron chi connectivity index (χ0n) is 13.7. The van der Waals surface area contributed by atoms with Gasteiger partial charge in [0.15, 0.2) is 11.5 Å². The normalized spacial score (nSPS) is 18.2. The van der Waals surface area contributed by atoms with Gasteiger partial charge in [-0.2, -0.15) is 13.2 Å². The molecule has 0 spiro atoms. The molecule has 8 heteroatoms. The molecule has 2 rings (SSSR count). The Morgan fingerprint density at radius 3 is 2.62 bits per heavy atom. The molecule has 1 N–H and O–H groups in total. The van der Waals surface area contributed by atoms with E-state index in [-0.39, 0.29) is 12.6 Å². The van der Waals surface area contributed by atoms with E-state index in [0.717, 1.165) is 12.1 Å². The number of likely N-dealkylation sites (tertiary alicyclic amines) is 1. The third-order valence-corrected chi connectivity index (χ3v) is 3.88. The maximum Gasteiger partial charge on any atom is 0.397 e. The lowest BCUT2D eigenvalue weighted by Crippen LogP contribution is -2.46. The number of nitrogens with zero attached hydrogens (tertiary/aromatic N) is 1. The van der Waals surface area contributed by atoms with Crippen LogP contribution in [-0.2, 0) is 4.79 Å². The SMILES string of the molecule is COc1ccc(NC2CCCN(C(=O)CC(F)(F)F)C2)cc1OC. The number of nitrogens with one attached hydrogen (secondary N) is 1. The van der Waals surface area contributed by atoms with Gasteiger partial charge in [-0.15, -0.1) is 0 Å². The van der Waals surface area contributed by atoms with Crippen LogP contribution >= 0.6 is 0 Å². The first-order chi connectivity index (χ1) is 11.3. The monoisotopic (exact) mass is 346 g/mol. The molecule has 24 heavy (non-hydrogen) atoms. The lowest BCUT2D eigenvalue weighted by molar-refractivity contribution is -0.162. The fourth-order valence-electron chi connectivity index (χ4n) is 2.77. The molecule has 1 atom stereocenters. The molecule has 134 valence electrons. The number of hydrogen-bond donors (Lipinski definition) is 1. The highest BCUT2D eigenvalue weighted by molar-refractivity contribution is 5.77. The van der Waals surface area contributed by atoms with Crippen LogP contribution in [0, 0.1) is 0 Å². The fraction of sp³-hybridized carbons (Fsp3) is 0.562. The Balaban J connectivity index is 1.99. The largest absolute Gasteiger partial charge is 0.493 e. The second-order valence-corrected chi connectivity index (χ2v) is 5.68. The second kappa shape index (κ2) is 7.63. The lowest BCUT2D eigenvalue weighted by atomic mass is 10.0. The minimum Gasteiger partial charge on any atom is -0.493 e. The molecule has 0 aliphatic carbocycles. The first kappa shape index (κ1) is 18.2. The van der Waals surface area contributed by atoms with Crippen molar-refractivity contribution in [2.75, 3.05) is 32.6 Å². The molecule has 0 bridgehead atoms. The van der Waals surface area contributed by atoms with Gasteiger partial charge in [-0.1, -0.05) is 0 Å². The average Bonchev–Trinajstić information content (AvgIpc) is 2.53. The Bertz CT molecular complexity index is 578. The van der Waals surface area contributed by atoms with Crippen LogP contribution in [-0.4, -0.2) is 50.3 Å². The number of methoxy groups -OCH3 is 2. The van der Waals surface area contributed by atoms with Crippen molar-refractivity contribution in [3.05, 3.63) is 18.2 Å². The van der Waals surface area contributed by atoms with Crippen LogP contribution in [0.25, 0.3) is 0 Å². The Kier molecular flexibility index (Phi) is 5.80. The molecule has 1 unspecified atom stereocenters. The number of carbonyl (C=O) groups is 1. The summed E-state index contributed by atoms with van der Waals surface area (Å²) in [5.41, 5.74) is 0.766. The van der Waals surface area contributed by atoms with Crippen LogP contribution in [0.5, 0.6) is 11.5 Å². The van der Waals surface area contributed by atoms with Crippen molar-refractivity contribution in [1.82, 2.24) is 4.90 Å². The summed E-state index contributed by atoms with van der Waals surface area (Å²) >= 11 is 0. The molecular formula is C16H21F3N2O3. The number of rotatable bonds is 5. The topological polar surface area (TPSA) is 50.8 Å². The van der Waals surface area contributed by atoms with Crippen molar-refractivity contribution >= 4 is 11.6 Å². The number of carbonyl (C=O) groups excluding carboxylic acids is 1. The van der Waals surface area contributed by atoms with Gasteiger partial charge in [0, 0.05) is 30.9 Å². The summed E-state index contributed by atoms with van der Waals surface area (Å²) in [4.78, 5) is 13.0. The van der Waals surface area contributed by atoms with Crippen molar-refractivity contribution in [2.24, 2.45) is 0 Å². The van der Waals surface area contributed by atoms with E-state index in [0.29, 0.717) is 24.5 Å². The summed E-state index contributed by atoms with van der Waals surface area (Å²) in [5, 5.41) is 3.24. The molecule has 1 amide bonds. The molecule has 1 fully saturated rings. The van der Waals surface area contributed by atoms with Gasteiger partial charge in [-0.25, -0.2) is 0 Å². The van der Waals surface area contributed by atoms with Gasteiger partial charge in [0.05, 0.1) is 14.2 Å². The quantitative estimate of drug-likeness (QED) is 0.890. The highest BCUT2D eigenvalue weighted by atomic mass is 19.4. The predicted molar refractivity (Wildman–Crippen MR) is 83.4 cm³/mol. The van der Waals surface area contributed by atoms with E-state index in [1.165, 1.54) is 19.1 Å². The number of piperidine rings is 1. The van der Waals surface area contributed by atoms with Gasteiger partial charge in [0.25, 0.3) is 0 Å². The van der Waals surface area contributed by atoms with Crippen molar-refractivity contribution < 1.29 is 27.4 Å².